The van der Waals surface area contributed by atoms with Gasteiger partial charge in [-0.1, -0.05) is 12.1 Å². The van der Waals surface area contributed by atoms with E-state index in [1.807, 2.05) is 25.1 Å². The van der Waals surface area contributed by atoms with Crippen molar-refractivity contribution in [3.63, 3.8) is 0 Å². The van der Waals surface area contributed by atoms with Gasteiger partial charge in [-0.3, -0.25) is 4.79 Å². The molecule has 1 saturated heterocycles. The Morgan fingerprint density at radius 2 is 1.81 bits per heavy atom. The van der Waals surface area contributed by atoms with Gasteiger partial charge >= 0.3 is 0 Å². The number of rotatable bonds is 7. The van der Waals surface area contributed by atoms with Crippen LogP contribution in [-0.2, 0) is 14.8 Å². The number of amides is 1. The van der Waals surface area contributed by atoms with Crippen LogP contribution < -0.4 is 10.2 Å². The Morgan fingerprint density at radius 3 is 2.37 bits per heavy atom. The van der Waals surface area contributed by atoms with Crippen LogP contribution >= 0.6 is 24.8 Å². The third-order valence-corrected chi connectivity index (χ3v) is 6.19. The maximum absolute atomic E-state index is 12.5. The van der Waals surface area contributed by atoms with Crippen molar-refractivity contribution < 1.29 is 13.2 Å². The smallest absolute Gasteiger partial charge is 0.238 e. The second-order valence-corrected chi connectivity index (χ2v) is 8.37. The molecule has 156 valence electrons. The Labute approximate surface area is 174 Å². The molecule has 1 aliphatic heterocycles. The summed E-state index contributed by atoms with van der Waals surface area (Å²) in [5.41, 5.74) is 2.29. The maximum Gasteiger partial charge on any atom is 0.238 e. The number of nitrogens with zero attached hydrogens (tertiary/aromatic N) is 3. The van der Waals surface area contributed by atoms with E-state index in [1.54, 1.807) is 14.1 Å². The first-order valence-corrected chi connectivity index (χ1v) is 10.1. The van der Waals surface area contributed by atoms with Gasteiger partial charge in [0.25, 0.3) is 0 Å². The van der Waals surface area contributed by atoms with Crippen LogP contribution in [0.1, 0.15) is 5.56 Å². The third-order valence-electron chi connectivity index (χ3n) is 4.43. The van der Waals surface area contributed by atoms with Gasteiger partial charge in [-0.15, -0.1) is 24.8 Å². The lowest BCUT2D eigenvalue weighted by molar-refractivity contribution is -0.127. The number of hydrogen-bond donors (Lipinski definition) is 1. The average molecular weight is 441 g/mol. The van der Waals surface area contributed by atoms with Gasteiger partial charge in [0, 0.05) is 52.0 Å². The number of halogens is 2. The van der Waals surface area contributed by atoms with E-state index in [2.05, 4.69) is 16.3 Å². The van der Waals surface area contributed by atoms with Crippen LogP contribution in [0.5, 0.6) is 0 Å². The topological polar surface area (TPSA) is 73.0 Å². The fourth-order valence-electron chi connectivity index (χ4n) is 2.81. The zero-order valence-corrected chi connectivity index (χ0v) is 18.5. The molecule has 0 aromatic heterocycles. The highest BCUT2D eigenvalue weighted by Crippen LogP contribution is 2.19. The number of likely N-dealkylation sites (N-methyl/N-ethyl adjacent to an activating group) is 2. The summed E-state index contributed by atoms with van der Waals surface area (Å²) in [6.45, 7) is 5.25. The van der Waals surface area contributed by atoms with Crippen molar-refractivity contribution in [3.8, 4) is 0 Å². The predicted molar refractivity (Wildman–Crippen MR) is 115 cm³/mol. The van der Waals surface area contributed by atoms with Crippen LogP contribution in [0.25, 0.3) is 0 Å². The molecule has 2 rings (SSSR count). The van der Waals surface area contributed by atoms with Crippen molar-refractivity contribution in [1.29, 1.82) is 0 Å². The number of anilines is 1. The molecule has 0 radical (unpaired) electrons. The van der Waals surface area contributed by atoms with Crippen LogP contribution in [0.3, 0.4) is 0 Å². The van der Waals surface area contributed by atoms with Crippen LogP contribution in [0.15, 0.2) is 24.3 Å². The molecule has 0 aliphatic carbocycles. The minimum atomic E-state index is -3.57. The summed E-state index contributed by atoms with van der Waals surface area (Å²) >= 11 is 0. The summed E-state index contributed by atoms with van der Waals surface area (Å²) in [6, 6.07) is 8.19. The molecule has 10 heteroatoms. The summed E-state index contributed by atoms with van der Waals surface area (Å²) in [5.74, 6) is -0.825. The number of nitrogens with one attached hydrogen (secondary N) is 1. The Balaban J connectivity index is 0.00000338. The van der Waals surface area contributed by atoms with Crippen LogP contribution in [-0.4, -0.2) is 82.6 Å². The standard InChI is InChI=1S/C17H28N4O3S.2ClH/c1-15-5-4-6-16(13-15)20-9-11-21(12-10-20)25(23,24)14-17(22)19(3)8-7-18-2;;/h4-6,13,18H,7-12,14H2,1-3H3;2*1H. The second kappa shape index (κ2) is 11.7. The monoisotopic (exact) mass is 440 g/mol. The van der Waals surface area contributed by atoms with E-state index in [0.29, 0.717) is 39.3 Å². The molecule has 1 heterocycles. The van der Waals surface area contributed by atoms with Gasteiger partial charge in [-0.25, -0.2) is 8.42 Å². The molecule has 1 aromatic carbocycles. The highest BCUT2D eigenvalue weighted by molar-refractivity contribution is 7.89. The van der Waals surface area contributed by atoms with Crippen molar-refractivity contribution in [2.24, 2.45) is 0 Å². The van der Waals surface area contributed by atoms with E-state index in [1.165, 1.54) is 14.8 Å². The minimum absolute atomic E-state index is 0. The molecule has 1 aromatic rings. The molecule has 0 atom stereocenters. The first-order chi connectivity index (χ1) is 11.8. The fourth-order valence-corrected chi connectivity index (χ4v) is 4.25. The number of benzene rings is 1. The summed E-state index contributed by atoms with van der Waals surface area (Å²) in [4.78, 5) is 15.7. The lowest BCUT2D eigenvalue weighted by Gasteiger charge is -2.35. The molecule has 0 unspecified atom stereocenters. The van der Waals surface area contributed by atoms with Crippen LogP contribution in [0.2, 0.25) is 0 Å². The van der Waals surface area contributed by atoms with Gasteiger partial charge in [-0.05, 0) is 31.7 Å². The average Bonchev–Trinajstić information content (AvgIpc) is 2.59. The van der Waals surface area contributed by atoms with Crippen molar-refractivity contribution in [1.82, 2.24) is 14.5 Å². The summed E-state index contributed by atoms with van der Waals surface area (Å²) in [5, 5.41) is 2.94. The largest absolute Gasteiger partial charge is 0.369 e. The lowest BCUT2D eigenvalue weighted by atomic mass is 10.2. The van der Waals surface area contributed by atoms with Crippen molar-refractivity contribution in [2.45, 2.75) is 6.92 Å². The fraction of sp³-hybridized carbons (Fsp3) is 0.588. The van der Waals surface area contributed by atoms with E-state index in [4.69, 9.17) is 0 Å². The Hall–Kier alpha value is -1.06. The molecule has 0 bridgehead atoms. The Kier molecular flexibility index (Phi) is 11.2. The van der Waals surface area contributed by atoms with Gasteiger partial charge in [0.15, 0.2) is 0 Å². The third kappa shape index (κ3) is 7.46. The zero-order valence-electron chi connectivity index (χ0n) is 16.1. The Morgan fingerprint density at radius 1 is 1.19 bits per heavy atom. The minimum Gasteiger partial charge on any atom is -0.369 e. The van der Waals surface area contributed by atoms with Crippen molar-refractivity contribution >= 4 is 46.4 Å². The molecular formula is C17H30Cl2N4O3S. The zero-order chi connectivity index (χ0) is 18.4. The van der Waals surface area contributed by atoms with Crippen LogP contribution in [0, 0.1) is 6.92 Å². The van der Waals surface area contributed by atoms with Gasteiger partial charge in [0.2, 0.25) is 15.9 Å². The van der Waals surface area contributed by atoms with Gasteiger partial charge in [-0.2, -0.15) is 4.31 Å². The van der Waals surface area contributed by atoms with Gasteiger partial charge < -0.3 is 15.1 Å². The summed E-state index contributed by atoms with van der Waals surface area (Å²) in [7, 11) is -0.147. The highest BCUT2D eigenvalue weighted by Gasteiger charge is 2.30. The molecule has 0 spiro atoms. The molecule has 7 nitrogen and oxygen atoms in total. The number of sulfonamides is 1. The maximum atomic E-state index is 12.5. The molecule has 1 amide bonds. The van der Waals surface area contributed by atoms with E-state index >= 15 is 0 Å². The van der Waals surface area contributed by atoms with Gasteiger partial charge in [0.1, 0.15) is 5.75 Å². The first kappa shape index (κ1) is 25.9. The summed E-state index contributed by atoms with van der Waals surface area (Å²) in [6.07, 6.45) is 0. The molecule has 1 fully saturated rings. The van der Waals surface area contributed by atoms with Crippen LogP contribution in [0.4, 0.5) is 5.69 Å². The number of aryl methyl sites for hydroxylation is 1. The van der Waals surface area contributed by atoms with E-state index in [9.17, 15) is 13.2 Å². The Bertz CT molecular complexity index is 695. The second-order valence-electron chi connectivity index (χ2n) is 6.40. The normalized spacial score (nSPS) is 14.9. The SMILES string of the molecule is CNCCN(C)C(=O)CS(=O)(=O)N1CCN(c2cccc(C)c2)CC1.Cl.Cl. The number of carbonyl (C=O) groups excluding carboxylic acids is 1. The van der Waals surface area contributed by atoms with Crippen molar-refractivity contribution in [3.05, 3.63) is 29.8 Å². The quantitative estimate of drug-likeness (QED) is 0.683. The predicted octanol–water partition coefficient (Wildman–Crippen LogP) is 0.968. The molecular weight excluding hydrogens is 411 g/mol. The molecule has 1 aliphatic rings. The van der Waals surface area contributed by atoms with E-state index in [-0.39, 0.29) is 30.7 Å². The first-order valence-electron chi connectivity index (χ1n) is 8.51. The molecule has 1 N–H and O–H groups in total. The van der Waals surface area contributed by atoms with E-state index < -0.39 is 15.8 Å². The molecule has 27 heavy (non-hydrogen) atoms. The number of carbonyl (C=O) groups is 1. The van der Waals surface area contributed by atoms with E-state index in [0.717, 1.165) is 5.69 Å². The highest BCUT2D eigenvalue weighted by atomic mass is 35.5. The molecule has 0 saturated carbocycles. The lowest BCUT2D eigenvalue weighted by Crippen LogP contribution is -2.51. The van der Waals surface area contributed by atoms with Crippen molar-refractivity contribution in [2.75, 3.05) is 64.0 Å². The van der Waals surface area contributed by atoms with Gasteiger partial charge in [0.05, 0.1) is 0 Å². The summed E-state index contributed by atoms with van der Waals surface area (Å²) < 4.78 is 26.5. The number of piperazine rings is 1. The number of hydrogen-bond acceptors (Lipinski definition) is 5.